The molecule has 0 radical (unpaired) electrons. The monoisotopic (exact) mass is 488 g/mol. The van der Waals surface area contributed by atoms with Crippen LogP contribution < -0.4 is 0 Å². The number of carbonyl (C=O) groups is 2. The quantitative estimate of drug-likeness (QED) is 0.102. The van der Waals surface area contributed by atoms with Gasteiger partial charge in [-0.3, -0.25) is 9.59 Å². The van der Waals surface area contributed by atoms with E-state index in [1.54, 1.807) is 0 Å². The van der Waals surface area contributed by atoms with Crippen LogP contribution in [0.1, 0.15) is 129 Å². The van der Waals surface area contributed by atoms with Gasteiger partial charge in [-0.25, -0.2) is 0 Å². The number of aliphatic carboxylic acids is 2. The molecule has 4 nitrogen and oxygen atoms in total. The molecule has 0 saturated heterocycles. The van der Waals surface area contributed by atoms with Crippen molar-refractivity contribution in [3.05, 3.63) is 24.3 Å². The Labute approximate surface area is 204 Å². The molecule has 0 heterocycles. The molecule has 178 valence electrons. The third-order valence-corrected chi connectivity index (χ3v) is 4.83. The Balaban J connectivity index is -0.000000490. The van der Waals surface area contributed by atoms with Crippen LogP contribution in [0.2, 0.25) is 0 Å². The fraction of sp³-hybridized carbons (Fsp3) is 0.769. The first kappa shape index (κ1) is 34.7. The van der Waals surface area contributed by atoms with Gasteiger partial charge in [0.25, 0.3) is 0 Å². The van der Waals surface area contributed by atoms with Crippen molar-refractivity contribution in [2.75, 3.05) is 0 Å². The fourth-order valence-corrected chi connectivity index (χ4v) is 3.06. The number of unbranched alkanes of at least 4 members (excludes halogenated alkanes) is 12. The molecular formula is C26H48O4Zn. The van der Waals surface area contributed by atoms with Crippen molar-refractivity contribution in [3.8, 4) is 0 Å². The molecule has 0 spiro atoms. The molecule has 0 unspecified atom stereocenters. The molecule has 0 rings (SSSR count). The molecule has 0 aromatic rings. The summed E-state index contributed by atoms with van der Waals surface area (Å²) in [5.41, 5.74) is 0. The van der Waals surface area contributed by atoms with E-state index in [9.17, 15) is 9.59 Å². The van der Waals surface area contributed by atoms with Crippen LogP contribution in [0.25, 0.3) is 0 Å². The summed E-state index contributed by atoms with van der Waals surface area (Å²) < 4.78 is 0. The maximum absolute atomic E-state index is 10.2. The van der Waals surface area contributed by atoms with E-state index >= 15 is 0 Å². The van der Waals surface area contributed by atoms with E-state index in [-0.39, 0.29) is 19.5 Å². The summed E-state index contributed by atoms with van der Waals surface area (Å²) in [7, 11) is 0. The van der Waals surface area contributed by atoms with Crippen molar-refractivity contribution >= 4 is 11.9 Å². The van der Waals surface area contributed by atoms with Crippen LogP contribution in [0.5, 0.6) is 0 Å². The van der Waals surface area contributed by atoms with Gasteiger partial charge in [-0.2, -0.15) is 0 Å². The van der Waals surface area contributed by atoms with Crippen molar-refractivity contribution in [1.29, 1.82) is 0 Å². The Hall–Kier alpha value is -0.957. The molecule has 0 aromatic heterocycles. The second-order valence-corrected chi connectivity index (χ2v) is 7.87. The van der Waals surface area contributed by atoms with E-state index in [1.807, 2.05) is 0 Å². The summed E-state index contributed by atoms with van der Waals surface area (Å²) in [5, 5.41) is 16.9. The fourth-order valence-electron chi connectivity index (χ4n) is 3.06. The molecule has 0 bridgehead atoms. The number of hydrogen-bond acceptors (Lipinski definition) is 2. The largest absolute Gasteiger partial charge is 0.481 e. The van der Waals surface area contributed by atoms with Gasteiger partial charge in [0.15, 0.2) is 0 Å². The predicted octanol–water partition coefficient (Wildman–Crippen LogP) is 8.31. The van der Waals surface area contributed by atoms with Gasteiger partial charge in [0.1, 0.15) is 0 Å². The summed E-state index contributed by atoms with van der Waals surface area (Å²) in [4.78, 5) is 20.5. The van der Waals surface area contributed by atoms with Crippen molar-refractivity contribution < 1.29 is 39.3 Å². The number of carboxylic acids is 2. The second-order valence-electron chi connectivity index (χ2n) is 7.87. The zero-order valence-electron chi connectivity index (χ0n) is 20.5. The van der Waals surface area contributed by atoms with Gasteiger partial charge in [0.05, 0.1) is 0 Å². The van der Waals surface area contributed by atoms with Gasteiger partial charge in [-0.15, -0.1) is 0 Å². The molecule has 0 saturated carbocycles. The zero-order chi connectivity index (χ0) is 22.7. The second kappa shape index (κ2) is 31.2. The zero-order valence-corrected chi connectivity index (χ0v) is 23.4. The van der Waals surface area contributed by atoms with Gasteiger partial charge >= 0.3 is 11.9 Å². The normalized spacial score (nSPS) is 10.6. The molecule has 0 amide bonds. The van der Waals surface area contributed by atoms with Crippen LogP contribution >= 0.6 is 0 Å². The van der Waals surface area contributed by atoms with Crippen molar-refractivity contribution in [3.63, 3.8) is 0 Å². The van der Waals surface area contributed by atoms with Crippen LogP contribution in [0.15, 0.2) is 24.3 Å². The van der Waals surface area contributed by atoms with E-state index < -0.39 is 11.9 Å². The average Bonchev–Trinajstić information content (AvgIpc) is 2.71. The maximum atomic E-state index is 10.2. The van der Waals surface area contributed by atoms with E-state index in [1.165, 1.54) is 64.2 Å². The van der Waals surface area contributed by atoms with Crippen molar-refractivity contribution in [2.45, 2.75) is 129 Å². The first-order chi connectivity index (χ1) is 14.5. The topological polar surface area (TPSA) is 74.6 Å². The molecule has 0 aromatic carbocycles. The number of rotatable bonds is 20. The van der Waals surface area contributed by atoms with Gasteiger partial charge < -0.3 is 10.2 Å². The van der Waals surface area contributed by atoms with Gasteiger partial charge in [0.2, 0.25) is 0 Å². The number of allylic oxidation sites excluding steroid dienone is 4. The predicted molar refractivity (Wildman–Crippen MR) is 128 cm³/mol. The molecule has 0 aliphatic rings. The minimum absolute atomic E-state index is 0. The van der Waals surface area contributed by atoms with E-state index in [4.69, 9.17) is 10.2 Å². The Bertz CT molecular complexity index is 393. The Morgan fingerprint density at radius 1 is 0.516 bits per heavy atom. The maximum Gasteiger partial charge on any atom is 0.303 e. The standard InChI is InChI=1S/2C13H24O2.Zn/c2*1-2-3-4-5-6-7-8-9-10-11-12-13(14)15;/h2*3-4H,2,5-12H2,1H3,(H,14,15);. The Morgan fingerprint density at radius 3 is 1.10 bits per heavy atom. The molecule has 31 heavy (non-hydrogen) atoms. The molecule has 5 heteroatoms. The smallest absolute Gasteiger partial charge is 0.303 e. The van der Waals surface area contributed by atoms with Crippen LogP contribution in [0.3, 0.4) is 0 Å². The number of carboxylic acid groups (broad SMARTS) is 2. The van der Waals surface area contributed by atoms with Crippen LogP contribution in [0.4, 0.5) is 0 Å². The van der Waals surface area contributed by atoms with E-state index in [2.05, 4.69) is 38.2 Å². The molecule has 2 N–H and O–H groups in total. The summed E-state index contributed by atoms with van der Waals surface area (Å²) >= 11 is 0. The molecular weight excluding hydrogens is 442 g/mol. The Morgan fingerprint density at radius 2 is 0.806 bits per heavy atom. The average molecular weight is 490 g/mol. The van der Waals surface area contributed by atoms with Crippen molar-refractivity contribution in [1.82, 2.24) is 0 Å². The molecule has 0 aliphatic carbocycles. The van der Waals surface area contributed by atoms with Gasteiger partial charge in [-0.1, -0.05) is 89.5 Å². The molecule has 0 atom stereocenters. The summed E-state index contributed by atoms with van der Waals surface area (Å²) in [6.07, 6.45) is 28.1. The summed E-state index contributed by atoms with van der Waals surface area (Å²) in [6, 6.07) is 0. The first-order valence-corrected chi connectivity index (χ1v) is 12.3. The molecule has 0 fully saturated rings. The van der Waals surface area contributed by atoms with E-state index in [0.29, 0.717) is 12.8 Å². The Kier molecular flexibility index (Phi) is 34.9. The summed E-state index contributed by atoms with van der Waals surface area (Å²) in [6.45, 7) is 4.30. The third kappa shape index (κ3) is 40.0. The van der Waals surface area contributed by atoms with Crippen molar-refractivity contribution in [2.24, 2.45) is 0 Å². The number of hydrogen-bond donors (Lipinski definition) is 2. The SMILES string of the molecule is CCC=CCCCCCCCCC(=O)O.CCC=CCCCCCCCCC(=O)O.[Zn]. The third-order valence-electron chi connectivity index (χ3n) is 4.83. The molecule has 0 aliphatic heterocycles. The minimum atomic E-state index is -0.667. The van der Waals surface area contributed by atoms with Crippen LogP contribution in [-0.2, 0) is 29.1 Å². The van der Waals surface area contributed by atoms with Gasteiger partial charge in [-0.05, 0) is 51.4 Å². The van der Waals surface area contributed by atoms with E-state index in [0.717, 1.165) is 38.5 Å². The van der Waals surface area contributed by atoms with Crippen LogP contribution in [0, 0.1) is 0 Å². The summed E-state index contributed by atoms with van der Waals surface area (Å²) in [5.74, 6) is -1.33. The van der Waals surface area contributed by atoms with Gasteiger partial charge in [0, 0.05) is 32.3 Å². The first-order valence-electron chi connectivity index (χ1n) is 12.3. The minimum Gasteiger partial charge on any atom is -0.481 e. The van der Waals surface area contributed by atoms with Crippen LogP contribution in [-0.4, -0.2) is 22.2 Å².